The molecule has 2 rings (SSSR count). The molecule has 2 aliphatic rings. The molecule has 0 bridgehead atoms. The van der Waals surface area contributed by atoms with Crippen molar-refractivity contribution in [2.45, 2.75) is 70.4 Å². The van der Waals surface area contributed by atoms with E-state index in [1.54, 1.807) is 0 Å². The van der Waals surface area contributed by atoms with Gasteiger partial charge in [0.05, 0.1) is 25.4 Å². The summed E-state index contributed by atoms with van der Waals surface area (Å²) in [5.74, 6) is -0.452. The van der Waals surface area contributed by atoms with Gasteiger partial charge in [-0.15, -0.1) is 0 Å². The van der Waals surface area contributed by atoms with Gasteiger partial charge in [0.15, 0.2) is 5.79 Å². The summed E-state index contributed by atoms with van der Waals surface area (Å²) in [5, 5.41) is 0. The zero-order chi connectivity index (χ0) is 13.6. The third-order valence-electron chi connectivity index (χ3n) is 3.54. The van der Waals surface area contributed by atoms with Gasteiger partial charge in [-0.3, -0.25) is 0 Å². The van der Waals surface area contributed by atoms with E-state index in [9.17, 15) is 0 Å². The minimum absolute atomic E-state index is 0.452. The lowest BCUT2D eigenvalue weighted by molar-refractivity contribution is -0.214. The molecule has 2 atom stereocenters. The average Bonchev–Trinajstić information content (AvgIpc) is 3.23. The molecule has 0 aliphatic carbocycles. The van der Waals surface area contributed by atoms with Gasteiger partial charge in [-0.2, -0.15) is 0 Å². The molecule has 4 heteroatoms. The van der Waals surface area contributed by atoms with E-state index in [2.05, 4.69) is 0 Å². The number of ether oxygens (including phenoxy) is 4. The van der Waals surface area contributed by atoms with Crippen LogP contribution in [0.4, 0.5) is 0 Å². The topological polar surface area (TPSA) is 43.5 Å². The van der Waals surface area contributed by atoms with E-state index in [1.807, 2.05) is 13.8 Å². The van der Waals surface area contributed by atoms with Crippen LogP contribution in [0.15, 0.2) is 0 Å². The molecule has 0 N–H and O–H groups in total. The predicted octanol–water partition coefficient (Wildman–Crippen LogP) is 2.89. The predicted molar refractivity (Wildman–Crippen MR) is 73.2 cm³/mol. The molecule has 0 spiro atoms. The van der Waals surface area contributed by atoms with Gasteiger partial charge in [0.2, 0.25) is 0 Å². The van der Waals surface area contributed by atoms with Gasteiger partial charge >= 0.3 is 0 Å². The van der Waals surface area contributed by atoms with Gasteiger partial charge in [-0.1, -0.05) is 0 Å². The molecule has 0 aromatic carbocycles. The van der Waals surface area contributed by atoms with Crippen molar-refractivity contribution in [3.8, 4) is 0 Å². The molecule has 0 amide bonds. The second-order valence-corrected chi connectivity index (χ2v) is 6.00. The minimum Gasteiger partial charge on any atom is -0.373 e. The van der Waals surface area contributed by atoms with E-state index >= 15 is 0 Å². The maximum atomic E-state index is 5.78. The summed E-state index contributed by atoms with van der Waals surface area (Å²) in [6, 6.07) is 0. The third-order valence-corrected chi connectivity index (χ3v) is 3.54. The summed E-state index contributed by atoms with van der Waals surface area (Å²) in [6.07, 6.45) is 7.98. The van der Waals surface area contributed by atoms with Crippen LogP contribution in [0.25, 0.3) is 0 Å². The molecular formula is C15H28O4. The summed E-state index contributed by atoms with van der Waals surface area (Å²) in [7, 11) is 0. The van der Waals surface area contributed by atoms with Crippen LogP contribution in [0, 0.1) is 0 Å². The van der Waals surface area contributed by atoms with E-state index in [1.165, 1.54) is 25.7 Å². The molecule has 0 saturated carbocycles. The lowest BCUT2D eigenvalue weighted by atomic mass is 10.2. The molecule has 2 heterocycles. The molecule has 19 heavy (non-hydrogen) atoms. The fourth-order valence-corrected chi connectivity index (χ4v) is 2.10. The number of unbranched alkanes of at least 4 members (excludes halogenated alkanes) is 2. The van der Waals surface area contributed by atoms with Crippen molar-refractivity contribution >= 4 is 0 Å². The highest BCUT2D eigenvalue weighted by molar-refractivity contribution is 4.69. The molecule has 0 aromatic heterocycles. The largest absolute Gasteiger partial charge is 0.373 e. The van der Waals surface area contributed by atoms with Crippen LogP contribution in [0.2, 0.25) is 0 Å². The molecule has 4 nitrogen and oxygen atoms in total. The molecule has 2 unspecified atom stereocenters. The van der Waals surface area contributed by atoms with Crippen LogP contribution < -0.4 is 0 Å². The van der Waals surface area contributed by atoms with Crippen LogP contribution >= 0.6 is 0 Å². The van der Waals surface area contributed by atoms with Crippen LogP contribution in [-0.2, 0) is 18.9 Å². The lowest BCUT2D eigenvalue weighted by Gasteiger charge is -2.25. The first kappa shape index (κ1) is 15.2. The van der Waals surface area contributed by atoms with E-state index in [0.717, 1.165) is 39.3 Å². The summed E-state index contributed by atoms with van der Waals surface area (Å²) in [5.41, 5.74) is 0. The van der Waals surface area contributed by atoms with Gasteiger partial charge in [0.1, 0.15) is 0 Å². The van der Waals surface area contributed by atoms with Crippen molar-refractivity contribution in [3.63, 3.8) is 0 Å². The molecule has 0 aromatic rings. The zero-order valence-electron chi connectivity index (χ0n) is 12.4. The molecule has 112 valence electrons. The van der Waals surface area contributed by atoms with Gasteiger partial charge in [0, 0.05) is 13.2 Å². The van der Waals surface area contributed by atoms with E-state index in [-0.39, 0.29) is 0 Å². The van der Waals surface area contributed by atoms with Crippen molar-refractivity contribution in [2.24, 2.45) is 0 Å². The first-order valence-corrected chi connectivity index (χ1v) is 7.67. The van der Waals surface area contributed by atoms with Crippen molar-refractivity contribution in [1.82, 2.24) is 0 Å². The number of epoxide rings is 2. The van der Waals surface area contributed by atoms with E-state index in [4.69, 9.17) is 18.9 Å². The highest BCUT2D eigenvalue weighted by Gasteiger charge is 2.23. The van der Waals surface area contributed by atoms with Gasteiger partial charge in [-0.05, 0) is 52.4 Å². The summed E-state index contributed by atoms with van der Waals surface area (Å²) < 4.78 is 21.9. The van der Waals surface area contributed by atoms with Gasteiger partial charge < -0.3 is 18.9 Å². The van der Waals surface area contributed by atoms with E-state index < -0.39 is 5.79 Å². The first-order chi connectivity index (χ1) is 9.16. The Hall–Kier alpha value is -0.160. The molecule has 2 saturated heterocycles. The normalized spacial score (nSPS) is 25.6. The Morgan fingerprint density at radius 2 is 1.26 bits per heavy atom. The van der Waals surface area contributed by atoms with Crippen LogP contribution in [0.1, 0.15) is 52.4 Å². The smallest absolute Gasteiger partial charge is 0.162 e. The van der Waals surface area contributed by atoms with Crippen LogP contribution in [-0.4, -0.2) is 44.4 Å². The van der Waals surface area contributed by atoms with Crippen molar-refractivity contribution < 1.29 is 18.9 Å². The second-order valence-electron chi connectivity index (χ2n) is 6.00. The summed E-state index contributed by atoms with van der Waals surface area (Å²) in [4.78, 5) is 0. The SMILES string of the molecule is CC(C)(OCCCCC1CO1)OCCCCC1CO1. The summed E-state index contributed by atoms with van der Waals surface area (Å²) >= 11 is 0. The minimum atomic E-state index is -0.452. The Kier molecular flexibility index (Phi) is 6.07. The highest BCUT2D eigenvalue weighted by atomic mass is 16.7. The average molecular weight is 272 g/mol. The van der Waals surface area contributed by atoms with Crippen molar-refractivity contribution in [1.29, 1.82) is 0 Å². The number of hydrogen-bond acceptors (Lipinski definition) is 4. The maximum Gasteiger partial charge on any atom is 0.162 e. The Morgan fingerprint density at radius 3 is 1.63 bits per heavy atom. The standard InChI is InChI=1S/C15H28O4/c1-15(2,18-9-5-3-7-13-11-16-13)19-10-6-4-8-14-12-17-14/h13-14H,3-12H2,1-2H3. The zero-order valence-corrected chi connectivity index (χ0v) is 12.4. The number of hydrogen-bond donors (Lipinski definition) is 0. The van der Waals surface area contributed by atoms with Crippen molar-refractivity contribution in [3.05, 3.63) is 0 Å². The van der Waals surface area contributed by atoms with Crippen LogP contribution in [0.5, 0.6) is 0 Å². The monoisotopic (exact) mass is 272 g/mol. The van der Waals surface area contributed by atoms with E-state index in [0.29, 0.717) is 12.2 Å². The summed E-state index contributed by atoms with van der Waals surface area (Å²) in [6.45, 7) is 7.47. The lowest BCUT2D eigenvalue weighted by Crippen LogP contribution is -2.29. The Balaban J connectivity index is 1.38. The second kappa shape index (κ2) is 7.58. The number of rotatable bonds is 12. The molecular weight excluding hydrogens is 244 g/mol. The van der Waals surface area contributed by atoms with Crippen molar-refractivity contribution in [2.75, 3.05) is 26.4 Å². The Labute approximate surface area is 116 Å². The Bertz CT molecular complexity index is 223. The Morgan fingerprint density at radius 1 is 0.842 bits per heavy atom. The fourth-order valence-electron chi connectivity index (χ4n) is 2.10. The van der Waals surface area contributed by atoms with Crippen LogP contribution in [0.3, 0.4) is 0 Å². The fraction of sp³-hybridized carbons (Fsp3) is 1.00. The molecule has 2 fully saturated rings. The highest BCUT2D eigenvalue weighted by Crippen LogP contribution is 2.19. The third kappa shape index (κ3) is 7.88. The first-order valence-electron chi connectivity index (χ1n) is 7.67. The molecule has 2 aliphatic heterocycles. The molecule has 0 radical (unpaired) electrons. The van der Waals surface area contributed by atoms with Gasteiger partial charge in [0.25, 0.3) is 0 Å². The maximum absolute atomic E-state index is 5.78. The quantitative estimate of drug-likeness (QED) is 0.311. The van der Waals surface area contributed by atoms with Gasteiger partial charge in [-0.25, -0.2) is 0 Å².